The van der Waals surface area contributed by atoms with Crippen molar-refractivity contribution >= 4 is 11.7 Å². The molecule has 5 saturated carbocycles. The van der Waals surface area contributed by atoms with Crippen molar-refractivity contribution in [3.63, 3.8) is 0 Å². The maximum atomic E-state index is 13.4. The van der Waals surface area contributed by atoms with Crippen molar-refractivity contribution in [3.05, 3.63) is 29.8 Å². The van der Waals surface area contributed by atoms with E-state index in [1.165, 1.54) is 0 Å². The molecule has 10 heteroatoms. The van der Waals surface area contributed by atoms with Gasteiger partial charge in [0.05, 0.1) is 42.6 Å². The highest BCUT2D eigenvalue weighted by atomic mass is 16.5. The van der Waals surface area contributed by atoms with Crippen LogP contribution in [0.3, 0.4) is 0 Å². The first kappa shape index (κ1) is 29.0. The number of aliphatic hydroxyl groups is 2. The molecule has 0 aromatic heterocycles. The van der Waals surface area contributed by atoms with Crippen LogP contribution >= 0.6 is 0 Å². The number of rotatable bonds is 8. The van der Waals surface area contributed by atoms with Gasteiger partial charge in [0.25, 0.3) is 0 Å². The summed E-state index contributed by atoms with van der Waals surface area (Å²) >= 11 is 0. The van der Waals surface area contributed by atoms with Gasteiger partial charge in [-0.3, -0.25) is 4.90 Å². The van der Waals surface area contributed by atoms with Gasteiger partial charge in [-0.05, 0) is 43.9 Å². The zero-order chi connectivity index (χ0) is 29.8. The number of likely N-dealkylation sites (N-methyl/N-ethyl adjacent to an activating group) is 1. The molecule has 1 heterocycles. The van der Waals surface area contributed by atoms with E-state index in [0.29, 0.717) is 30.8 Å². The molecule has 1 aliphatic heterocycles. The predicted molar refractivity (Wildman–Crippen MR) is 153 cm³/mol. The van der Waals surface area contributed by atoms with Crippen molar-refractivity contribution in [1.82, 2.24) is 4.90 Å². The number of hydrogen-bond acceptors (Lipinski definition) is 10. The van der Waals surface area contributed by atoms with Gasteiger partial charge in [-0.15, -0.1) is 0 Å². The van der Waals surface area contributed by atoms with Gasteiger partial charge >= 0.3 is 5.97 Å². The van der Waals surface area contributed by atoms with Crippen LogP contribution in [0.25, 0.3) is 0 Å². The molecule has 6 aliphatic rings. The van der Waals surface area contributed by atoms with Crippen molar-refractivity contribution in [3.8, 4) is 0 Å². The normalized spacial score (nSPS) is 50.1. The number of fused-ring (bicyclic) bond motifs is 2. The number of methoxy groups -OCH3 is 4. The molecule has 13 atom stereocenters. The van der Waals surface area contributed by atoms with Gasteiger partial charge in [-0.1, -0.05) is 19.1 Å². The van der Waals surface area contributed by atoms with E-state index >= 15 is 0 Å². The summed E-state index contributed by atoms with van der Waals surface area (Å²) in [6.45, 7) is 3.54. The van der Waals surface area contributed by atoms with E-state index in [0.717, 1.165) is 19.3 Å². The monoisotopic (exact) mass is 586 g/mol. The highest BCUT2D eigenvalue weighted by Gasteiger charge is 2.91. The number of carbonyl (C=O) groups is 1. The Morgan fingerprint density at radius 2 is 1.86 bits per heavy atom. The summed E-state index contributed by atoms with van der Waals surface area (Å²) in [5.41, 5.74) is 2.65. The van der Waals surface area contributed by atoms with E-state index < -0.39 is 40.1 Å². The zero-order valence-corrected chi connectivity index (χ0v) is 25.3. The summed E-state index contributed by atoms with van der Waals surface area (Å²) < 4.78 is 31.1. The van der Waals surface area contributed by atoms with Crippen LogP contribution in [0.15, 0.2) is 24.3 Å². The Morgan fingerprint density at radius 3 is 2.50 bits per heavy atom. The van der Waals surface area contributed by atoms with Crippen molar-refractivity contribution in [1.29, 1.82) is 0 Å². The summed E-state index contributed by atoms with van der Waals surface area (Å²) in [5, 5.41) is 26.3. The lowest BCUT2D eigenvalue weighted by Crippen LogP contribution is -2.82. The number of nitrogen functional groups attached to an aromatic ring is 1. The van der Waals surface area contributed by atoms with Crippen LogP contribution in [-0.4, -0.2) is 111 Å². The Bertz CT molecular complexity index is 1250. The number of hydrogen-bond donors (Lipinski definition) is 3. The standard InChI is InChI=1S/C32H46N2O8/c1-6-34-15-29(16-42-27(35)17-9-7-8-10-20(17)33)12-11-22(39-3)31-19-13-18-21(38-2)14-30(36,23(19)24(18)40-4)32(37,28(31)34)26(41-5)25(29)31/h7-10,18-19,21-26,28,36-37H,6,11-16,33H2,1-5H3/t18-,19-,21+,22-,23-,24+,25-,26+,28+,29+,30-,31+,32-/m1/s1. The van der Waals surface area contributed by atoms with Crippen LogP contribution in [0.5, 0.6) is 0 Å². The smallest absolute Gasteiger partial charge is 0.340 e. The number of piperidine rings is 1. The van der Waals surface area contributed by atoms with Crippen LogP contribution < -0.4 is 5.73 Å². The summed E-state index contributed by atoms with van der Waals surface area (Å²) in [6, 6.07) is 6.55. The number of carbonyl (C=O) groups excluding carboxylic acids is 1. The highest BCUT2D eigenvalue weighted by Crippen LogP contribution is 2.80. The minimum atomic E-state index is -1.62. The predicted octanol–water partition coefficient (Wildman–Crippen LogP) is 1.72. The maximum absolute atomic E-state index is 13.4. The first-order valence-corrected chi connectivity index (χ1v) is 15.5. The molecule has 10 nitrogen and oxygen atoms in total. The third kappa shape index (κ3) is 3.12. The topological polar surface area (TPSA) is 133 Å². The second-order valence-corrected chi connectivity index (χ2v) is 13.8. The van der Waals surface area contributed by atoms with Crippen LogP contribution in [-0.2, 0) is 23.7 Å². The SMILES string of the molecule is CCN1C[C@]2(COC(=O)c3ccccc3N)CC[C@@H](OC)[C@@]34[C@@H]5C[C@H]6[C@H](OC)[C@@H]5[C@](O)(C[C@@H]6OC)[C@@](O)([C@@H](OC)[C@H]23)[C@@H]14. The summed E-state index contributed by atoms with van der Waals surface area (Å²) in [4.78, 5) is 15.7. The third-order valence-corrected chi connectivity index (χ3v) is 13.0. The molecule has 232 valence electrons. The van der Waals surface area contributed by atoms with Gasteiger partial charge in [0.2, 0.25) is 0 Å². The Labute approximate surface area is 247 Å². The Balaban J connectivity index is 1.41. The van der Waals surface area contributed by atoms with Crippen molar-refractivity contribution < 1.29 is 38.7 Å². The third-order valence-electron chi connectivity index (χ3n) is 13.0. The first-order chi connectivity index (χ1) is 20.1. The van der Waals surface area contributed by atoms with Gasteiger partial charge in [-0.2, -0.15) is 0 Å². The maximum Gasteiger partial charge on any atom is 0.340 e. The number of para-hydroxylation sites is 1. The molecule has 1 aromatic rings. The molecular formula is C32H46N2O8. The van der Waals surface area contributed by atoms with Crippen LogP contribution in [0.1, 0.15) is 43.0 Å². The Kier molecular flexibility index (Phi) is 6.62. The molecule has 7 bridgehead atoms. The number of nitrogens with two attached hydrogens (primary N) is 1. The second kappa shape index (κ2) is 9.60. The van der Waals surface area contributed by atoms with E-state index in [1.807, 2.05) is 0 Å². The molecule has 0 unspecified atom stereocenters. The molecule has 0 amide bonds. The molecule has 1 saturated heterocycles. The largest absolute Gasteiger partial charge is 0.461 e. The van der Waals surface area contributed by atoms with Gasteiger partial charge in [-0.25, -0.2) is 4.79 Å². The molecule has 6 fully saturated rings. The minimum absolute atomic E-state index is 0.00697. The lowest BCUT2D eigenvalue weighted by atomic mass is 9.42. The average Bonchev–Trinajstić information content (AvgIpc) is 3.41. The molecule has 7 rings (SSSR count). The van der Waals surface area contributed by atoms with Crippen molar-refractivity contribution in [2.75, 3.05) is 53.9 Å². The molecular weight excluding hydrogens is 540 g/mol. The summed E-state index contributed by atoms with van der Waals surface area (Å²) in [7, 11) is 6.80. The van der Waals surface area contributed by atoms with Crippen LogP contribution in [0, 0.1) is 34.5 Å². The minimum Gasteiger partial charge on any atom is -0.461 e. The molecule has 5 aliphatic carbocycles. The number of benzene rings is 1. The van der Waals surface area contributed by atoms with E-state index in [9.17, 15) is 15.0 Å². The van der Waals surface area contributed by atoms with Crippen molar-refractivity contribution in [2.24, 2.45) is 34.5 Å². The number of anilines is 1. The highest BCUT2D eigenvalue weighted by molar-refractivity contribution is 5.95. The second-order valence-electron chi connectivity index (χ2n) is 13.8. The fourth-order valence-electron chi connectivity index (χ4n) is 12.0. The molecule has 4 N–H and O–H groups in total. The van der Waals surface area contributed by atoms with E-state index in [1.54, 1.807) is 52.7 Å². The van der Waals surface area contributed by atoms with Gasteiger partial charge in [0.1, 0.15) is 11.2 Å². The summed E-state index contributed by atoms with van der Waals surface area (Å²) in [5.74, 6) is -0.892. The molecule has 0 radical (unpaired) electrons. The van der Waals surface area contributed by atoms with Gasteiger partial charge in [0, 0.05) is 75.7 Å². The molecule has 42 heavy (non-hydrogen) atoms. The van der Waals surface area contributed by atoms with E-state index in [-0.39, 0.29) is 48.6 Å². The number of esters is 1. The van der Waals surface area contributed by atoms with Gasteiger partial charge < -0.3 is 39.6 Å². The average molecular weight is 587 g/mol. The van der Waals surface area contributed by atoms with Gasteiger partial charge in [0.15, 0.2) is 0 Å². The number of likely N-dealkylation sites (tertiary alicyclic amines) is 1. The van der Waals surface area contributed by atoms with Crippen LogP contribution in [0.2, 0.25) is 0 Å². The van der Waals surface area contributed by atoms with Crippen LogP contribution in [0.4, 0.5) is 5.69 Å². The van der Waals surface area contributed by atoms with E-state index in [2.05, 4.69) is 11.8 Å². The first-order valence-electron chi connectivity index (χ1n) is 15.5. The fraction of sp³-hybridized carbons (Fsp3) is 0.781. The molecule has 1 aromatic carbocycles. The summed E-state index contributed by atoms with van der Waals surface area (Å²) in [6.07, 6.45) is 1.22. The number of ether oxygens (including phenoxy) is 5. The molecule has 1 spiro atoms. The Hall–Kier alpha value is -1.79. The number of nitrogens with zero attached hydrogens (tertiary/aromatic N) is 1. The quantitative estimate of drug-likeness (QED) is 0.306. The lowest BCUT2D eigenvalue weighted by Gasteiger charge is -2.70. The Morgan fingerprint density at radius 1 is 1.10 bits per heavy atom. The fourth-order valence-corrected chi connectivity index (χ4v) is 12.0. The van der Waals surface area contributed by atoms with E-state index in [4.69, 9.17) is 29.4 Å². The zero-order valence-electron chi connectivity index (χ0n) is 25.3. The van der Waals surface area contributed by atoms with Crippen molar-refractivity contribution in [2.45, 2.75) is 74.3 Å². The lowest BCUT2D eigenvalue weighted by molar-refractivity contribution is -0.320.